The lowest BCUT2D eigenvalue weighted by Gasteiger charge is -2.05. The van der Waals surface area contributed by atoms with Crippen LogP contribution in [0.15, 0.2) is 72.8 Å². The summed E-state index contributed by atoms with van der Waals surface area (Å²) in [5, 5.41) is 0. The lowest BCUT2D eigenvalue weighted by molar-refractivity contribution is 0.943. The van der Waals surface area contributed by atoms with Gasteiger partial charge in [-0.1, -0.05) is 72.8 Å². The van der Waals surface area contributed by atoms with E-state index in [4.69, 9.17) is 0 Å². The van der Waals surface area contributed by atoms with E-state index in [0.29, 0.717) is 0 Å². The second-order valence-corrected chi connectivity index (χ2v) is 6.87. The molecule has 0 atom stereocenters. The molecule has 0 aliphatic heterocycles. The molecule has 116 valence electrons. The van der Waals surface area contributed by atoms with E-state index in [1.807, 2.05) is 0 Å². The highest BCUT2D eigenvalue weighted by molar-refractivity contribution is 5.77. The van der Waals surface area contributed by atoms with E-state index in [9.17, 15) is 0 Å². The molecule has 0 heteroatoms. The van der Waals surface area contributed by atoms with E-state index in [-0.39, 0.29) is 0 Å². The topological polar surface area (TPSA) is 0 Å². The Labute approximate surface area is 143 Å². The zero-order valence-corrected chi connectivity index (χ0v) is 13.8. The van der Waals surface area contributed by atoms with Gasteiger partial charge in [0.1, 0.15) is 0 Å². The Hall–Kier alpha value is -2.60. The molecule has 0 heterocycles. The molecule has 0 fully saturated rings. The molecule has 24 heavy (non-hydrogen) atoms. The van der Waals surface area contributed by atoms with Gasteiger partial charge < -0.3 is 0 Å². The second-order valence-electron chi connectivity index (χ2n) is 6.87. The van der Waals surface area contributed by atoms with Crippen molar-refractivity contribution in [2.45, 2.75) is 25.7 Å². The van der Waals surface area contributed by atoms with Gasteiger partial charge in [0.2, 0.25) is 0 Å². The lowest BCUT2D eigenvalue weighted by Crippen LogP contribution is -1.91. The molecular formula is C24H20. The Balaban J connectivity index is 1.66. The largest absolute Gasteiger partial charge is 0.0622 e. The van der Waals surface area contributed by atoms with Crippen molar-refractivity contribution in [3.05, 3.63) is 95.1 Å². The highest BCUT2D eigenvalue weighted by Crippen LogP contribution is 2.38. The van der Waals surface area contributed by atoms with E-state index in [1.165, 1.54) is 44.5 Å². The van der Waals surface area contributed by atoms with Crippen LogP contribution in [0.1, 0.15) is 22.3 Å². The van der Waals surface area contributed by atoms with E-state index in [1.54, 1.807) is 0 Å². The third-order valence-corrected chi connectivity index (χ3v) is 5.48. The Morgan fingerprint density at radius 1 is 0.375 bits per heavy atom. The minimum atomic E-state index is 1.12. The smallest absolute Gasteiger partial charge is 0.0149 e. The summed E-state index contributed by atoms with van der Waals surface area (Å²) >= 11 is 0. The first-order chi connectivity index (χ1) is 11.9. The zero-order chi connectivity index (χ0) is 15.9. The third kappa shape index (κ3) is 2.14. The molecule has 0 amide bonds. The standard InChI is InChI=1S/C24H20/c1-3-7-21-17-11-13-19-16-20(24-10-6-2-5-9-23(19)24)14-12-18(15-17)22(21)8-4-1/h1-10,15-16H,11-14H2. The highest BCUT2D eigenvalue weighted by Gasteiger charge is 2.20. The third-order valence-electron chi connectivity index (χ3n) is 5.48. The van der Waals surface area contributed by atoms with Crippen molar-refractivity contribution < 1.29 is 0 Å². The van der Waals surface area contributed by atoms with Gasteiger partial charge >= 0.3 is 0 Å². The number of aryl methyl sites for hydroxylation is 4. The number of fused-ring (bicyclic) bond motifs is 10. The normalized spacial score (nSPS) is 14.0. The van der Waals surface area contributed by atoms with Crippen molar-refractivity contribution in [1.82, 2.24) is 0 Å². The monoisotopic (exact) mass is 308 g/mol. The number of hydrogen-bond acceptors (Lipinski definition) is 0. The molecular weight excluding hydrogens is 288 g/mol. The van der Waals surface area contributed by atoms with Crippen LogP contribution in [-0.4, -0.2) is 0 Å². The molecule has 0 saturated heterocycles. The Morgan fingerprint density at radius 3 is 0.958 bits per heavy atom. The summed E-state index contributed by atoms with van der Waals surface area (Å²) in [6, 6.07) is 27.0. The fraction of sp³-hybridized carbons (Fsp3) is 0.167. The lowest BCUT2D eigenvalue weighted by atomic mass is 9.99. The highest BCUT2D eigenvalue weighted by atomic mass is 14.2. The first-order valence-corrected chi connectivity index (χ1v) is 8.89. The van der Waals surface area contributed by atoms with Crippen molar-refractivity contribution in [3.8, 4) is 22.3 Å². The van der Waals surface area contributed by atoms with Crippen LogP contribution < -0.4 is 0 Å². The van der Waals surface area contributed by atoms with Crippen LogP contribution in [0, 0.1) is 0 Å². The van der Waals surface area contributed by atoms with Gasteiger partial charge in [0.15, 0.2) is 0 Å². The van der Waals surface area contributed by atoms with Crippen molar-refractivity contribution in [2.75, 3.05) is 0 Å². The van der Waals surface area contributed by atoms with Crippen LogP contribution >= 0.6 is 0 Å². The molecule has 0 radical (unpaired) electrons. The average molecular weight is 308 g/mol. The molecule has 0 aromatic heterocycles. The maximum atomic E-state index is 2.46. The number of rotatable bonds is 0. The van der Waals surface area contributed by atoms with Crippen LogP contribution in [0.3, 0.4) is 0 Å². The van der Waals surface area contributed by atoms with Crippen LogP contribution in [-0.2, 0) is 25.7 Å². The molecule has 0 spiro atoms. The van der Waals surface area contributed by atoms with E-state index in [2.05, 4.69) is 72.8 Å². The van der Waals surface area contributed by atoms with Gasteiger partial charge in [0, 0.05) is 0 Å². The predicted octanol–water partition coefficient (Wildman–Crippen LogP) is 5.78. The average Bonchev–Trinajstić information content (AvgIpc) is 2.87. The van der Waals surface area contributed by atoms with Crippen molar-refractivity contribution in [3.63, 3.8) is 0 Å². The minimum Gasteiger partial charge on any atom is -0.0622 e. The van der Waals surface area contributed by atoms with Gasteiger partial charge in [0.25, 0.3) is 0 Å². The Bertz CT molecular complexity index is 811. The quantitative estimate of drug-likeness (QED) is 0.386. The summed E-state index contributed by atoms with van der Waals surface area (Å²) in [6.45, 7) is 0. The molecule has 0 saturated carbocycles. The second kappa shape index (κ2) is 5.49. The molecule has 0 nitrogen and oxygen atoms in total. The Kier molecular flexibility index (Phi) is 3.16. The summed E-state index contributed by atoms with van der Waals surface area (Å²) in [7, 11) is 0. The molecule has 5 rings (SSSR count). The van der Waals surface area contributed by atoms with Crippen molar-refractivity contribution in [1.29, 1.82) is 0 Å². The summed E-state index contributed by atoms with van der Waals surface area (Å²) in [5.41, 5.74) is 11.8. The predicted molar refractivity (Wildman–Crippen MR) is 101 cm³/mol. The maximum absolute atomic E-state index is 2.46. The van der Waals surface area contributed by atoms with Crippen LogP contribution in [0.4, 0.5) is 0 Å². The summed E-state index contributed by atoms with van der Waals surface area (Å²) < 4.78 is 0. The molecule has 5 aliphatic rings. The fourth-order valence-electron chi connectivity index (χ4n) is 4.31. The van der Waals surface area contributed by atoms with Crippen molar-refractivity contribution >= 4 is 0 Å². The van der Waals surface area contributed by atoms with E-state index < -0.39 is 0 Å². The molecule has 0 aromatic carbocycles. The summed E-state index contributed by atoms with van der Waals surface area (Å²) in [6.07, 6.45) is 4.49. The molecule has 0 unspecified atom stereocenters. The Morgan fingerprint density at radius 2 is 0.667 bits per heavy atom. The van der Waals surface area contributed by atoms with E-state index in [0.717, 1.165) is 25.7 Å². The summed E-state index contributed by atoms with van der Waals surface area (Å²) in [4.78, 5) is 0. The maximum Gasteiger partial charge on any atom is -0.0149 e. The molecule has 0 N–H and O–H groups in total. The van der Waals surface area contributed by atoms with E-state index >= 15 is 0 Å². The van der Waals surface area contributed by atoms with Crippen molar-refractivity contribution in [2.24, 2.45) is 0 Å². The SMILES string of the molecule is c1ccc2c3cc(c-2cc1)CCc1cc(c2cccccc1-2)CC3. The van der Waals surface area contributed by atoms with Crippen LogP contribution in [0.2, 0.25) is 0 Å². The van der Waals surface area contributed by atoms with Gasteiger partial charge in [0.05, 0.1) is 0 Å². The number of hydrogen-bond donors (Lipinski definition) is 0. The molecule has 4 bridgehead atoms. The van der Waals surface area contributed by atoms with Gasteiger partial charge in [-0.25, -0.2) is 0 Å². The minimum absolute atomic E-state index is 1.12. The zero-order valence-electron chi connectivity index (χ0n) is 13.8. The molecule has 5 aliphatic carbocycles. The van der Waals surface area contributed by atoms with Gasteiger partial charge in [-0.2, -0.15) is 0 Å². The molecule has 0 aromatic rings. The van der Waals surface area contributed by atoms with Crippen LogP contribution in [0.5, 0.6) is 0 Å². The first kappa shape index (κ1) is 13.8. The van der Waals surface area contributed by atoms with Gasteiger partial charge in [-0.05, 0) is 70.2 Å². The van der Waals surface area contributed by atoms with Crippen LogP contribution in [0.25, 0.3) is 22.3 Å². The summed E-state index contributed by atoms with van der Waals surface area (Å²) in [5.74, 6) is 0. The first-order valence-electron chi connectivity index (χ1n) is 8.89. The van der Waals surface area contributed by atoms with Gasteiger partial charge in [-0.15, -0.1) is 0 Å². The van der Waals surface area contributed by atoms with Gasteiger partial charge in [-0.3, -0.25) is 0 Å². The fourth-order valence-corrected chi connectivity index (χ4v) is 4.31.